The van der Waals surface area contributed by atoms with E-state index in [2.05, 4.69) is 15.9 Å². The zero-order valence-corrected chi connectivity index (χ0v) is 10.7. The molecule has 4 fully saturated rings. The zero-order valence-electron chi connectivity index (χ0n) is 9.12. The van der Waals surface area contributed by atoms with E-state index in [9.17, 15) is 15.0 Å². The molecule has 3 nitrogen and oxygen atoms in total. The molecule has 4 bridgehead atoms. The second-order valence-corrected chi connectivity index (χ2v) is 7.15. The van der Waals surface area contributed by atoms with E-state index in [4.69, 9.17) is 0 Å². The van der Waals surface area contributed by atoms with Gasteiger partial charge in [-0.3, -0.25) is 0 Å². The van der Waals surface area contributed by atoms with Crippen LogP contribution >= 0.6 is 15.9 Å². The van der Waals surface area contributed by atoms with Crippen LogP contribution in [0.25, 0.3) is 0 Å². The molecule has 1 N–H and O–H groups in total. The van der Waals surface area contributed by atoms with Crippen molar-refractivity contribution in [3.8, 4) is 0 Å². The molecule has 16 heavy (non-hydrogen) atoms. The molecule has 0 aromatic rings. The maximum atomic E-state index is 11.1. The normalized spacial score (nSPS) is 51.6. The van der Waals surface area contributed by atoms with Crippen molar-refractivity contribution in [1.82, 2.24) is 0 Å². The number of carbonyl (C=O) groups is 1. The zero-order chi connectivity index (χ0) is 11.6. The SMILES string of the molecule is O=C([O-])C(Br)C12CC3CC(CC(O)(C3)C1)C2. The summed E-state index contributed by atoms with van der Waals surface area (Å²) < 4.78 is 0. The first-order chi connectivity index (χ1) is 7.42. The Hall–Kier alpha value is -0.0900. The van der Waals surface area contributed by atoms with Gasteiger partial charge < -0.3 is 15.0 Å². The Bertz CT molecular complexity index is 327. The van der Waals surface area contributed by atoms with Crippen LogP contribution in [0.3, 0.4) is 0 Å². The number of hydrogen-bond donors (Lipinski definition) is 1. The first-order valence-electron chi connectivity index (χ1n) is 6.00. The van der Waals surface area contributed by atoms with Crippen LogP contribution in [0.5, 0.6) is 0 Å². The van der Waals surface area contributed by atoms with Crippen molar-refractivity contribution < 1.29 is 15.0 Å². The highest BCUT2D eigenvalue weighted by atomic mass is 79.9. The largest absolute Gasteiger partial charge is 0.549 e. The predicted molar refractivity (Wildman–Crippen MR) is 59.8 cm³/mol. The lowest BCUT2D eigenvalue weighted by Gasteiger charge is -2.61. The second-order valence-electron chi connectivity index (χ2n) is 6.23. The average Bonchev–Trinajstić information content (AvgIpc) is 2.12. The van der Waals surface area contributed by atoms with Crippen molar-refractivity contribution in [3.63, 3.8) is 0 Å². The minimum atomic E-state index is -1.02. The van der Waals surface area contributed by atoms with Crippen LogP contribution < -0.4 is 5.11 Å². The summed E-state index contributed by atoms with van der Waals surface area (Å²) in [6.45, 7) is 0. The van der Waals surface area contributed by atoms with E-state index >= 15 is 0 Å². The molecule has 0 spiro atoms. The minimum Gasteiger partial charge on any atom is -0.549 e. The van der Waals surface area contributed by atoms with Crippen LogP contribution in [0.4, 0.5) is 0 Å². The summed E-state index contributed by atoms with van der Waals surface area (Å²) in [5.74, 6) is 0.0156. The van der Waals surface area contributed by atoms with E-state index in [1.807, 2.05) is 0 Å². The molecule has 0 heterocycles. The molecule has 0 saturated heterocycles. The van der Waals surface area contributed by atoms with Gasteiger partial charge in [0.2, 0.25) is 0 Å². The van der Waals surface area contributed by atoms with Gasteiger partial charge in [0.1, 0.15) is 0 Å². The van der Waals surface area contributed by atoms with Crippen molar-refractivity contribution in [1.29, 1.82) is 0 Å². The van der Waals surface area contributed by atoms with E-state index < -0.39 is 16.4 Å². The summed E-state index contributed by atoms with van der Waals surface area (Å²) in [6.07, 6.45) is 5.44. The third-order valence-corrected chi connectivity index (χ3v) is 6.17. The molecule has 4 aliphatic carbocycles. The number of rotatable bonds is 2. The maximum absolute atomic E-state index is 11.1. The monoisotopic (exact) mass is 287 g/mol. The molecule has 0 radical (unpaired) electrons. The number of carboxylic acid groups (broad SMARTS) is 1. The lowest BCUT2D eigenvalue weighted by atomic mass is 9.47. The van der Waals surface area contributed by atoms with Crippen LogP contribution in [0.15, 0.2) is 0 Å². The first kappa shape index (κ1) is 11.0. The molecule has 4 saturated carbocycles. The Morgan fingerprint density at radius 1 is 1.31 bits per heavy atom. The quantitative estimate of drug-likeness (QED) is 0.766. The van der Waals surface area contributed by atoms with Gasteiger partial charge in [0, 0.05) is 0 Å². The summed E-state index contributed by atoms with van der Waals surface area (Å²) in [7, 11) is 0. The highest BCUT2D eigenvalue weighted by Gasteiger charge is 2.59. The van der Waals surface area contributed by atoms with Gasteiger partial charge >= 0.3 is 0 Å². The van der Waals surface area contributed by atoms with Crippen LogP contribution in [0.1, 0.15) is 38.5 Å². The van der Waals surface area contributed by atoms with Gasteiger partial charge in [-0.15, -0.1) is 0 Å². The Labute approximate surface area is 103 Å². The van der Waals surface area contributed by atoms with Crippen molar-refractivity contribution >= 4 is 21.9 Å². The topological polar surface area (TPSA) is 60.4 Å². The van der Waals surface area contributed by atoms with Crippen LogP contribution in [-0.2, 0) is 4.79 Å². The molecule has 0 aromatic carbocycles. The number of hydrogen-bond acceptors (Lipinski definition) is 3. The average molecular weight is 288 g/mol. The smallest absolute Gasteiger partial charge is 0.0659 e. The maximum Gasteiger partial charge on any atom is 0.0659 e. The first-order valence-corrected chi connectivity index (χ1v) is 6.91. The van der Waals surface area contributed by atoms with Crippen molar-refractivity contribution in [2.75, 3.05) is 0 Å². The van der Waals surface area contributed by atoms with Crippen LogP contribution in [0.2, 0.25) is 0 Å². The lowest BCUT2D eigenvalue weighted by Crippen LogP contribution is -2.60. The molecule has 0 aromatic heterocycles. The highest BCUT2D eigenvalue weighted by Crippen LogP contribution is 2.63. The molecule has 0 aliphatic heterocycles. The Kier molecular flexibility index (Phi) is 2.22. The van der Waals surface area contributed by atoms with Crippen LogP contribution in [0, 0.1) is 17.3 Å². The third-order valence-electron chi connectivity index (χ3n) is 4.82. The van der Waals surface area contributed by atoms with Crippen molar-refractivity contribution in [2.45, 2.75) is 49.0 Å². The second kappa shape index (κ2) is 3.22. The fourth-order valence-corrected chi connectivity index (χ4v) is 5.37. The standard InChI is InChI=1S/C12H17BrO3/c13-9(10(14)15)11-2-7-1-8(3-11)5-12(16,4-7)6-11/h7-9,16H,1-6H2,(H,14,15)/p-1. The summed E-state index contributed by atoms with van der Waals surface area (Å²) in [5, 5.41) is 21.5. The molecular formula is C12H16BrO3-. The van der Waals surface area contributed by atoms with E-state index in [0.29, 0.717) is 18.3 Å². The van der Waals surface area contributed by atoms with E-state index in [0.717, 1.165) is 25.7 Å². The van der Waals surface area contributed by atoms with Gasteiger partial charge in [-0.25, -0.2) is 0 Å². The Morgan fingerprint density at radius 3 is 2.31 bits per heavy atom. The van der Waals surface area contributed by atoms with E-state index in [1.54, 1.807) is 0 Å². The molecule has 4 aliphatic rings. The van der Waals surface area contributed by atoms with E-state index in [1.165, 1.54) is 6.42 Å². The van der Waals surface area contributed by atoms with Crippen molar-refractivity contribution in [2.24, 2.45) is 17.3 Å². The van der Waals surface area contributed by atoms with Crippen LogP contribution in [-0.4, -0.2) is 21.5 Å². The van der Waals surface area contributed by atoms with Gasteiger partial charge in [0.25, 0.3) is 0 Å². The molecule has 4 heteroatoms. The summed E-state index contributed by atoms with van der Waals surface area (Å²) in [5.41, 5.74) is -0.844. The lowest BCUT2D eigenvalue weighted by molar-refractivity contribution is -0.309. The number of halogens is 1. The number of carboxylic acids is 1. The van der Waals surface area contributed by atoms with Gasteiger partial charge in [-0.05, 0) is 55.8 Å². The third kappa shape index (κ3) is 1.46. The molecular weight excluding hydrogens is 272 g/mol. The fraction of sp³-hybridized carbons (Fsp3) is 0.917. The predicted octanol–water partition coefficient (Wildman–Crippen LogP) is 0.831. The number of carbonyl (C=O) groups excluding carboxylic acids is 1. The molecule has 0 amide bonds. The van der Waals surface area contributed by atoms with Gasteiger partial charge in [0.15, 0.2) is 0 Å². The van der Waals surface area contributed by atoms with Gasteiger partial charge in [0.05, 0.1) is 16.4 Å². The van der Waals surface area contributed by atoms with E-state index in [-0.39, 0.29) is 5.41 Å². The molecule has 3 unspecified atom stereocenters. The Balaban J connectivity index is 1.94. The van der Waals surface area contributed by atoms with Gasteiger partial charge in [-0.2, -0.15) is 0 Å². The minimum absolute atomic E-state index is 0.252. The fourth-order valence-electron chi connectivity index (χ4n) is 4.83. The van der Waals surface area contributed by atoms with Gasteiger partial charge in [-0.1, -0.05) is 15.9 Å². The molecule has 4 rings (SSSR count). The summed E-state index contributed by atoms with van der Waals surface area (Å²) in [6, 6.07) is 0. The number of aliphatic carboxylic acids is 1. The summed E-state index contributed by atoms with van der Waals surface area (Å²) in [4.78, 5) is 10.5. The number of alkyl halides is 1. The van der Waals surface area contributed by atoms with Crippen molar-refractivity contribution in [3.05, 3.63) is 0 Å². The number of aliphatic hydroxyl groups is 1. The molecule has 90 valence electrons. The highest BCUT2D eigenvalue weighted by molar-refractivity contribution is 9.10. The summed E-state index contributed by atoms with van der Waals surface area (Å²) >= 11 is 3.28. The Morgan fingerprint density at radius 2 is 1.88 bits per heavy atom. The molecule has 3 atom stereocenters.